The van der Waals surface area contributed by atoms with Gasteiger partial charge in [-0.25, -0.2) is 0 Å². The lowest BCUT2D eigenvalue weighted by molar-refractivity contribution is 0.0199. The van der Waals surface area contributed by atoms with E-state index in [0.717, 1.165) is 38.8 Å². The molecule has 10 heteroatoms. The third kappa shape index (κ3) is 6.11. The van der Waals surface area contributed by atoms with Gasteiger partial charge in [0.1, 0.15) is 18.5 Å². The first-order chi connectivity index (χ1) is 18.2. The van der Waals surface area contributed by atoms with E-state index in [1.54, 1.807) is 26.2 Å². The molecule has 208 valence electrons. The number of halogens is 1. The molecule has 1 amide bonds. The van der Waals surface area contributed by atoms with Gasteiger partial charge in [0.15, 0.2) is 11.5 Å². The van der Waals surface area contributed by atoms with Crippen LogP contribution in [0.4, 0.5) is 0 Å². The Bertz CT molecular complexity index is 1210. The molecule has 9 nitrogen and oxygen atoms in total. The fourth-order valence-corrected chi connectivity index (χ4v) is 5.68. The predicted molar refractivity (Wildman–Crippen MR) is 146 cm³/mol. The fourth-order valence-electron chi connectivity index (χ4n) is 5.43. The van der Waals surface area contributed by atoms with Crippen LogP contribution in [-0.4, -0.2) is 69.0 Å². The van der Waals surface area contributed by atoms with E-state index < -0.39 is 0 Å². The number of carbonyl (C=O) groups excluding carboxylic acids is 1. The Labute approximate surface area is 228 Å². The highest BCUT2D eigenvalue weighted by Gasteiger charge is 2.35. The van der Waals surface area contributed by atoms with E-state index in [1.165, 1.54) is 7.11 Å². The van der Waals surface area contributed by atoms with Crippen molar-refractivity contribution < 1.29 is 23.7 Å². The molecule has 1 fully saturated rings. The van der Waals surface area contributed by atoms with Crippen LogP contribution >= 0.6 is 11.6 Å². The predicted octanol–water partition coefficient (Wildman–Crippen LogP) is 3.86. The van der Waals surface area contributed by atoms with Gasteiger partial charge in [-0.05, 0) is 64.6 Å². The van der Waals surface area contributed by atoms with Gasteiger partial charge in [-0.1, -0.05) is 11.6 Å². The number of nitrogens with one attached hydrogen (secondary N) is 2. The first-order valence-corrected chi connectivity index (χ1v) is 13.5. The van der Waals surface area contributed by atoms with Crippen molar-refractivity contribution in [3.05, 3.63) is 49.9 Å². The Morgan fingerprint density at radius 2 is 1.92 bits per heavy atom. The maximum absolute atomic E-state index is 13.2. The van der Waals surface area contributed by atoms with Crippen molar-refractivity contribution in [2.75, 3.05) is 41.0 Å². The average molecular weight is 548 g/mol. The third-order valence-electron chi connectivity index (χ3n) is 7.76. The number of hydrogen-bond donors (Lipinski definition) is 2. The van der Waals surface area contributed by atoms with Crippen LogP contribution in [0, 0.1) is 19.8 Å². The molecule has 2 N–H and O–H groups in total. The maximum Gasteiger partial charge on any atom is 0.256 e. The Balaban J connectivity index is 1.45. The van der Waals surface area contributed by atoms with Gasteiger partial charge in [0.25, 0.3) is 11.5 Å². The minimum Gasteiger partial charge on any atom is -0.496 e. The number of ether oxygens (including phenoxy) is 4. The summed E-state index contributed by atoms with van der Waals surface area (Å²) >= 11 is 6.52. The molecule has 4 rings (SSSR count). The molecular weight excluding hydrogens is 510 g/mol. The van der Waals surface area contributed by atoms with Crippen molar-refractivity contribution in [2.24, 2.45) is 5.92 Å². The second kappa shape index (κ2) is 12.4. The van der Waals surface area contributed by atoms with E-state index in [9.17, 15) is 9.59 Å². The van der Waals surface area contributed by atoms with Crippen molar-refractivity contribution >= 4 is 17.5 Å². The number of benzene rings is 1. The summed E-state index contributed by atoms with van der Waals surface area (Å²) in [6.07, 6.45) is 4.19. The molecular formula is C28H38ClN3O6. The van der Waals surface area contributed by atoms with Gasteiger partial charge < -0.3 is 34.1 Å². The van der Waals surface area contributed by atoms with Gasteiger partial charge >= 0.3 is 0 Å². The smallest absolute Gasteiger partial charge is 0.256 e. The standard InChI is InChI=1S/C28H38ClN3O6/c1-16-12-23(36-5)21(28(34)31-16)14-30-27(33)20-13-22(29)26-25(17(20)2)38-24(15-37-26)18-6-8-19(9-7-18)32(3)10-11-35-4/h12-13,18-19,24H,6-11,14-15H2,1-5H3,(H,30,33)(H,31,34). The van der Waals surface area contributed by atoms with E-state index >= 15 is 0 Å². The summed E-state index contributed by atoms with van der Waals surface area (Å²) in [5.74, 6) is 1.42. The van der Waals surface area contributed by atoms with Gasteiger partial charge in [0.2, 0.25) is 0 Å². The molecule has 0 radical (unpaired) electrons. The maximum atomic E-state index is 13.2. The van der Waals surface area contributed by atoms with Crippen LogP contribution in [0.2, 0.25) is 5.02 Å². The van der Waals surface area contributed by atoms with E-state index in [-0.39, 0.29) is 24.1 Å². The molecule has 1 atom stereocenters. The summed E-state index contributed by atoms with van der Waals surface area (Å²) in [4.78, 5) is 30.7. The number of hydrogen-bond acceptors (Lipinski definition) is 7. The molecule has 2 heterocycles. The molecule has 0 bridgehead atoms. The second-order valence-corrected chi connectivity index (χ2v) is 10.6. The average Bonchev–Trinajstić information content (AvgIpc) is 2.92. The quantitative estimate of drug-likeness (QED) is 0.491. The van der Waals surface area contributed by atoms with E-state index in [1.807, 2.05) is 6.92 Å². The van der Waals surface area contributed by atoms with Crippen LogP contribution in [0.3, 0.4) is 0 Å². The highest BCUT2D eigenvalue weighted by Crippen LogP contribution is 2.45. The van der Waals surface area contributed by atoms with Crippen LogP contribution < -0.4 is 25.1 Å². The van der Waals surface area contributed by atoms with Gasteiger partial charge in [0, 0.05) is 36.5 Å². The first kappa shape index (κ1) is 28.3. The van der Waals surface area contributed by atoms with E-state index in [2.05, 4.69) is 22.2 Å². The van der Waals surface area contributed by atoms with Gasteiger partial charge in [0.05, 0.1) is 30.8 Å². The summed E-state index contributed by atoms with van der Waals surface area (Å²) in [7, 11) is 5.38. The first-order valence-electron chi connectivity index (χ1n) is 13.1. The zero-order chi connectivity index (χ0) is 27.4. The molecule has 1 aromatic carbocycles. The number of carbonyl (C=O) groups is 1. The lowest BCUT2D eigenvalue weighted by Crippen LogP contribution is -2.42. The summed E-state index contributed by atoms with van der Waals surface area (Å²) < 4.78 is 23.1. The van der Waals surface area contributed by atoms with Crippen LogP contribution in [0.15, 0.2) is 16.9 Å². The Morgan fingerprint density at radius 1 is 1.18 bits per heavy atom. The highest BCUT2D eigenvalue weighted by molar-refractivity contribution is 6.32. The topological polar surface area (TPSA) is 102 Å². The molecule has 0 spiro atoms. The van der Waals surface area contributed by atoms with Gasteiger partial charge in [-0.2, -0.15) is 0 Å². The van der Waals surface area contributed by atoms with Crippen LogP contribution in [-0.2, 0) is 11.3 Å². The molecule has 1 aliphatic carbocycles. The Hall–Kier alpha value is -2.75. The minimum absolute atomic E-state index is 0.00775. The lowest BCUT2D eigenvalue weighted by Gasteiger charge is -2.39. The lowest BCUT2D eigenvalue weighted by atomic mass is 9.82. The van der Waals surface area contributed by atoms with Crippen molar-refractivity contribution in [1.82, 2.24) is 15.2 Å². The van der Waals surface area contributed by atoms with E-state index in [4.69, 9.17) is 30.5 Å². The molecule has 2 aromatic rings. The Morgan fingerprint density at radius 3 is 2.61 bits per heavy atom. The van der Waals surface area contributed by atoms with Crippen LogP contribution in [0.5, 0.6) is 17.2 Å². The number of H-pyrrole nitrogens is 1. The van der Waals surface area contributed by atoms with Gasteiger partial charge in [-0.3, -0.25) is 9.59 Å². The normalized spacial score (nSPS) is 20.9. The number of aryl methyl sites for hydroxylation is 1. The highest BCUT2D eigenvalue weighted by atomic mass is 35.5. The third-order valence-corrected chi connectivity index (χ3v) is 8.04. The fraction of sp³-hybridized carbons (Fsp3) is 0.571. The van der Waals surface area contributed by atoms with Crippen LogP contribution in [0.25, 0.3) is 0 Å². The number of nitrogens with zero attached hydrogens (tertiary/aromatic N) is 1. The zero-order valence-electron chi connectivity index (χ0n) is 22.8. The summed E-state index contributed by atoms with van der Waals surface area (Å²) in [5.41, 5.74) is 1.75. The number of pyridine rings is 1. The number of aromatic nitrogens is 1. The molecule has 38 heavy (non-hydrogen) atoms. The number of aromatic amines is 1. The van der Waals surface area contributed by atoms with Crippen molar-refractivity contribution in [3.63, 3.8) is 0 Å². The molecule has 1 aliphatic heterocycles. The number of fused-ring (bicyclic) bond motifs is 1. The zero-order valence-corrected chi connectivity index (χ0v) is 23.6. The minimum atomic E-state index is -0.362. The Kier molecular flexibility index (Phi) is 9.23. The monoisotopic (exact) mass is 547 g/mol. The number of methoxy groups -OCH3 is 2. The van der Waals surface area contributed by atoms with Crippen molar-refractivity contribution in [1.29, 1.82) is 0 Å². The molecule has 2 aliphatic rings. The second-order valence-electron chi connectivity index (χ2n) is 10.2. The number of likely N-dealkylation sites (N-methyl/N-ethyl adjacent to an activating group) is 1. The SMILES string of the molecule is COCCN(C)C1CCC(C2COc3c(Cl)cc(C(=O)NCc4c(OC)cc(C)[nH]c4=O)c(C)c3O2)CC1. The van der Waals surface area contributed by atoms with Crippen molar-refractivity contribution in [3.8, 4) is 17.2 Å². The molecule has 1 aromatic heterocycles. The molecule has 1 saturated carbocycles. The number of rotatable bonds is 9. The number of amides is 1. The summed E-state index contributed by atoms with van der Waals surface area (Å²) in [5, 5.41) is 3.14. The molecule has 0 saturated heterocycles. The van der Waals surface area contributed by atoms with Gasteiger partial charge in [-0.15, -0.1) is 0 Å². The van der Waals surface area contributed by atoms with Crippen molar-refractivity contribution in [2.45, 2.75) is 58.2 Å². The van der Waals surface area contributed by atoms with Crippen LogP contribution in [0.1, 0.15) is 52.9 Å². The summed E-state index contributed by atoms with van der Waals surface area (Å²) in [6.45, 7) is 5.70. The molecule has 1 unspecified atom stereocenters. The van der Waals surface area contributed by atoms with E-state index in [0.29, 0.717) is 63.2 Å². The summed E-state index contributed by atoms with van der Waals surface area (Å²) in [6, 6.07) is 3.86. The largest absolute Gasteiger partial charge is 0.496 e.